The molecule has 1 heterocycles. The summed E-state index contributed by atoms with van der Waals surface area (Å²) in [5.41, 5.74) is 2.77. The van der Waals surface area contributed by atoms with Gasteiger partial charge in [-0.1, -0.05) is 30.3 Å². The zero-order valence-corrected chi connectivity index (χ0v) is 15.5. The van der Waals surface area contributed by atoms with Crippen LogP contribution in [0.2, 0.25) is 0 Å². The molecule has 6 heteroatoms. The van der Waals surface area contributed by atoms with Crippen molar-refractivity contribution < 1.29 is 14.3 Å². The Morgan fingerprint density at radius 2 is 1.70 bits per heavy atom. The standard InChI is InChI=1S/C21H25N3O3/c1-16(25)22-20(17-5-3-2-4-6-17)15-21(26)23-18-7-9-19(10-8-18)24-11-13-27-14-12-24/h2-10,20H,11-15H2,1H3,(H,22,25)(H,23,26)/t20-/m0/s1. The Balaban J connectivity index is 1.60. The molecule has 0 aliphatic carbocycles. The van der Waals surface area contributed by atoms with Crippen molar-refractivity contribution in [3.05, 3.63) is 60.2 Å². The van der Waals surface area contributed by atoms with Gasteiger partial charge < -0.3 is 20.3 Å². The molecule has 27 heavy (non-hydrogen) atoms. The van der Waals surface area contributed by atoms with Gasteiger partial charge in [0.1, 0.15) is 0 Å². The topological polar surface area (TPSA) is 70.7 Å². The monoisotopic (exact) mass is 367 g/mol. The highest BCUT2D eigenvalue weighted by molar-refractivity contribution is 5.91. The van der Waals surface area contributed by atoms with Crippen LogP contribution in [-0.2, 0) is 14.3 Å². The molecule has 3 rings (SSSR count). The molecule has 0 unspecified atom stereocenters. The largest absolute Gasteiger partial charge is 0.378 e. The SMILES string of the molecule is CC(=O)N[C@@H](CC(=O)Nc1ccc(N2CCOCC2)cc1)c1ccccc1. The minimum absolute atomic E-state index is 0.142. The zero-order chi connectivity index (χ0) is 19.1. The van der Waals surface area contributed by atoms with Crippen LogP contribution in [0, 0.1) is 0 Å². The average Bonchev–Trinajstić information content (AvgIpc) is 2.69. The molecule has 2 N–H and O–H groups in total. The quantitative estimate of drug-likeness (QED) is 0.824. The lowest BCUT2D eigenvalue weighted by Crippen LogP contribution is -2.36. The highest BCUT2D eigenvalue weighted by atomic mass is 16.5. The van der Waals surface area contributed by atoms with Gasteiger partial charge in [-0.2, -0.15) is 0 Å². The minimum atomic E-state index is -0.351. The van der Waals surface area contributed by atoms with Crippen molar-refractivity contribution in [1.82, 2.24) is 5.32 Å². The third-order valence-corrected chi connectivity index (χ3v) is 4.50. The van der Waals surface area contributed by atoms with E-state index in [0.29, 0.717) is 0 Å². The van der Waals surface area contributed by atoms with Crippen LogP contribution in [-0.4, -0.2) is 38.1 Å². The van der Waals surface area contributed by atoms with Crippen LogP contribution in [0.25, 0.3) is 0 Å². The van der Waals surface area contributed by atoms with Gasteiger partial charge in [-0.3, -0.25) is 9.59 Å². The van der Waals surface area contributed by atoms with E-state index in [1.807, 2.05) is 54.6 Å². The summed E-state index contributed by atoms with van der Waals surface area (Å²) in [6.45, 7) is 4.69. The summed E-state index contributed by atoms with van der Waals surface area (Å²) in [6, 6.07) is 17.0. The Hall–Kier alpha value is -2.86. The Morgan fingerprint density at radius 1 is 1.04 bits per heavy atom. The first-order valence-corrected chi connectivity index (χ1v) is 9.16. The van der Waals surface area contributed by atoms with E-state index in [1.165, 1.54) is 6.92 Å². The second-order valence-electron chi connectivity index (χ2n) is 6.56. The van der Waals surface area contributed by atoms with Gasteiger partial charge in [0.2, 0.25) is 11.8 Å². The van der Waals surface area contributed by atoms with E-state index in [-0.39, 0.29) is 24.3 Å². The number of benzene rings is 2. The van der Waals surface area contributed by atoms with Crippen LogP contribution in [0.1, 0.15) is 24.9 Å². The molecular formula is C21H25N3O3. The second kappa shape index (κ2) is 9.19. The first-order chi connectivity index (χ1) is 13.1. The van der Waals surface area contributed by atoms with Crippen LogP contribution < -0.4 is 15.5 Å². The molecule has 1 aliphatic heterocycles. The molecule has 1 saturated heterocycles. The predicted octanol–water partition coefficient (Wildman–Crippen LogP) is 2.73. The van der Waals surface area contributed by atoms with Gasteiger partial charge in [0.25, 0.3) is 0 Å². The molecule has 1 aliphatic rings. The third-order valence-electron chi connectivity index (χ3n) is 4.50. The van der Waals surface area contributed by atoms with Crippen molar-refractivity contribution in [3.63, 3.8) is 0 Å². The zero-order valence-electron chi connectivity index (χ0n) is 15.5. The summed E-state index contributed by atoms with van der Waals surface area (Å²) in [7, 11) is 0. The van der Waals surface area contributed by atoms with E-state index in [4.69, 9.17) is 4.74 Å². The molecule has 0 radical (unpaired) electrons. The number of morpholine rings is 1. The van der Waals surface area contributed by atoms with Gasteiger partial charge in [0, 0.05) is 31.4 Å². The summed E-state index contributed by atoms with van der Waals surface area (Å²) >= 11 is 0. The normalized spacial score (nSPS) is 15.1. The number of nitrogens with one attached hydrogen (secondary N) is 2. The van der Waals surface area contributed by atoms with Gasteiger partial charge in [-0.15, -0.1) is 0 Å². The number of nitrogens with zero attached hydrogens (tertiary/aromatic N) is 1. The van der Waals surface area contributed by atoms with E-state index >= 15 is 0 Å². The molecule has 0 bridgehead atoms. The van der Waals surface area contributed by atoms with Crippen molar-refractivity contribution in [2.24, 2.45) is 0 Å². The van der Waals surface area contributed by atoms with E-state index < -0.39 is 0 Å². The van der Waals surface area contributed by atoms with E-state index in [9.17, 15) is 9.59 Å². The lowest BCUT2D eigenvalue weighted by molar-refractivity contribution is -0.120. The lowest BCUT2D eigenvalue weighted by atomic mass is 10.0. The molecule has 1 fully saturated rings. The minimum Gasteiger partial charge on any atom is -0.378 e. The number of hydrogen-bond acceptors (Lipinski definition) is 4. The van der Waals surface area contributed by atoms with Crippen molar-refractivity contribution in [2.45, 2.75) is 19.4 Å². The smallest absolute Gasteiger partial charge is 0.226 e. The molecule has 0 spiro atoms. The van der Waals surface area contributed by atoms with Gasteiger partial charge in [-0.05, 0) is 29.8 Å². The van der Waals surface area contributed by atoms with Gasteiger partial charge in [0.05, 0.1) is 25.7 Å². The molecular weight excluding hydrogens is 342 g/mol. The third kappa shape index (κ3) is 5.56. The van der Waals surface area contributed by atoms with Gasteiger partial charge >= 0.3 is 0 Å². The predicted molar refractivity (Wildman–Crippen MR) is 106 cm³/mol. The number of ether oxygens (including phenoxy) is 1. The molecule has 142 valence electrons. The molecule has 6 nitrogen and oxygen atoms in total. The average molecular weight is 367 g/mol. The second-order valence-corrected chi connectivity index (χ2v) is 6.56. The fraction of sp³-hybridized carbons (Fsp3) is 0.333. The molecule has 2 amide bonds. The molecule has 0 aromatic heterocycles. The van der Waals surface area contributed by atoms with E-state index in [0.717, 1.165) is 43.2 Å². The van der Waals surface area contributed by atoms with Gasteiger partial charge in [-0.25, -0.2) is 0 Å². The number of carbonyl (C=O) groups is 2. The van der Waals surface area contributed by atoms with Gasteiger partial charge in [0.15, 0.2) is 0 Å². The van der Waals surface area contributed by atoms with Crippen LogP contribution in [0.5, 0.6) is 0 Å². The summed E-state index contributed by atoms with van der Waals surface area (Å²) in [5, 5.41) is 5.76. The van der Waals surface area contributed by atoms with Crippen molar-refractivity contribution >= 4 is 23.2 Å². The molecule has 2 aromatic rings. The summed E-state index contributed by atoms with van der Waals surface area (Å²) in [6.07, 6.45) is 0.175. The number of anilines is 2. The Morgan fingerprint density at radius 3 is 2.33 bits per heavy atom. The molecule has 1 atom stereocenters. The summed E-state index contributed by atoms with van der Waals surface area (Å²) in [4.78, 5) is 26.2. The van der Waals surface area contributed by atoms with Crippen LogP contribution in [0.3, 0.4) is 0 Å². The summed E-state index contributed by atoms with van der Waals surface area (Å²) < 4.78 is 5.37. The van der Waals surface area contributed by atoms with Crippen LogP contribution >= 0.6 is 0 Å². The fourth-order valence-corrected chi connectivity index (χ4v) is 3.16. The summed E-state index contributed by atoms with van der Waals surface area (Å²) in [5.74, 6) is -0.303. The fourth-order valence-electron chi connectivity index (χ4n) is 3.16. The van der Waals surface area contributed by atoms with E-state index in [1.54, 1.807) is 0 Å². The maximum atomic E-state index is 12.5. The number of carbonyl (C=O) groups excluding carboxylic acids is 2. The van der Waals surface area contributed by atoms with Crippen LogP contribution in [0.4, 0.5) is 11.4 Å². The van der Waals surface area contributed by atoms with Crippen molar-refractivity contribution in [2.75, 3.05) is 36.5 Å². The Bertz CT molecular complexity index is 756. The van der Waals surface area contributed by atoms with Crippen LogP contribution in [0.15, 0.2) is 54.6 Å². The number of rotatable bonds is 6. The Labute approximate surface area is 159 Å². The lowest BCUT2D eigenvalue weighted by Gasteiger charge is -2.28. The number of amides is 2. The van der Waals surface area contributed by atoms with E-state index in [2.05, 4.69) is 15.5 Å². The van der Waals surface area contributed by atoms with Crippen molar-refractivity contribution in [3.8, 4) is 0 Å². The molecule has 2 aromatic carbocycles. The Kier molecular flexibility index (Phi) is 6.44. The first kappa shape index (κ1) is 18.9. The maximum absolute atomic E-state index is 12.5. The highest BCUT2D eigenvalue weighted by Gasteiger charge is 2.17. The number of hydrogen-bond donors (Lipinski definition) is 2. The van der Waals surface area contributed by atoms with Crippen molar-refractivity contribution in [1.29, 1.82) is 0 Å². The molecule has 0 saturated carbocycles. The maximum Gasteiger partial charge on any atom is 0.226 e. The first-order valence-electron chi connectivity index (χ1n) is 9.16. The highest BCUT2D eigenvalue weighted by Crippen LogP contribution is 2.21.